The Labute approximate surface area is 162 Å². The zero-order valence-electron chi connectivity index (χ0n) is 13.3. The van der Waals surface area contributed by atoms with E-state index >= 15 is 0 Å². The summed E-state index contributed by atoms with van der Waals surface area (Å²) < 4.78 is 7.11. The number of methoxy groups -OCH3 is 1. The molecule has 1 aliphatic rings. The summed E-state index contributed by atoms with van der Waals surface area (Å²) in [6.45, 7) is 3.32. The van der Waals surface area contributed by atoms with Gasteiger partial charge in [-0.1, -0.05) is 0 Å². The molecule has 4 nitrogen and oxygen atoms in total. The smallest absolute Gasteiger partial charge is 0.264 e. The first-order valence-corrected chi connectivity index (χ1v) is 10.1. The number of anilines is 1. The van der Waals surface area contributed by atoms with Gasteiger partial charge in [0.25, 0.3) is 5.91 Å². The minimum Gasteiger partial charge on any atom is -0.497 e. The predicted octanol–water partition coefficient (Wildman–Crippen LogP) is 4.63. The molecule has 128 valence electrons. The van der Waals surface area contributed by atoms with Crippen molar-refractivity contribution in [3.63, 3.8) is 0 Å². The molecular weight excluding hydrogens is 456 g/mol. The summed E-state index contributed by atoms with van der Waals surface area (Å²) in [7, 11) is 1.67. The van der Waals surface area contributed by atoms with Gasteiger partial charge >= 0.3 is 0 Å². The highest BCUT2D eigenvalue weighted by atomic mass is 79.9. The van der Waals surface area contributed by atoms with Crippen molar-refractivity contribution < 1.29 is 9.53 Å². The molecule has 2 heterocycles. The van der Waals surface area contributed by atoms with Gasteiger partial charge in [-0.2, -0.15) is 0 Å². The Balaban J connectivity index is 1.66. The van der Waals surface area contributed by atoms with Crippen LogP contribution in [0, 0.1) is 0 Å². The highest BCUT2D eigenvalue weighted by molar-refractivity contribution is 9.13. The number of hydrogen-bond donors (Lipinski definition) is 0. The van der Waals surface area contributed by atoms with Crippen molar-refractivity contribution in [2.24, 2.45) is 0 Å². The van der Waals surface area contributed by atoms with Crippen LogP contribution in [0.5, 0.6) is 5.75 Å². The highest BCUT2D eigenvalue weighted by Gasteiger charge is 2.22. The van der Waals surface area contributed by atoms with Crippen LogP contribution >= 0.6 is 43.2 Å². The second-order valence-corrected chi connectivity index (χ2v) is 8.79. The van der Waals surface area contributed by atoms with Crippen LogP contribution in [0.2, 0.25) is 0 Å². The predicted molar refractivity (Wildman–Crippen MR) is 105 cm³/mol. The fraction of sp³-hybridized carbons (Fsp3) is 0.353. The molecular formula is C17H18Br2N2O2S. The molecule has 0 atom stereocenters. The number of rotatable bonds is 3. The molecule has 1 aromatic heterocycles. The van der Waals surface area contributed by atoms with E-state index in [1.54, 1.807) is 7.11 Å². The second kappa shape index (κ2) is 7.89. The van der Waals surface area contributed by atoms with Crippen molar-refractivity contribution in [1.82, 2.24) is 4.90 Å². The number of ether oxygens (including phenoxy) is 1. The Morgan fingerprint density at radius 2 is 1.88 bits per heavy atom. The lowest BCUT2D eigenvalue weighted by Crippen LogP contribution is -2.34. The van der Waals surface area contributed by atoms with Gasteiger partial charge in [-0.25, -0.2) is 0 Å². The lowest BCUT2D eigenvalue weighted by atomic mass is 10.2. The van der Waals surface area contributed by atoms with Gasteiger partial charge in [0.15, 0.2) is 0 Å². The molecule has 1 fully saturated rings. The van der Waals surface area contributed by atoms with Gasteiger partial charge in [0.2, 0.25) is 0 Å². The summed E-state index contributed by atoms with van der Waals surface area (Å²) >= 11 is 8.38. The van der Waals surface area contributed by atoms with E-state index < -0.39 is 0 Å². The fourth-order valence-corrected chi connectivity index (χ4v) is 4.78. The van der Waals surface area contributed by atoms with E-state index in [4.69, 9.17) is 4.74 Å². The summed E-state index contributed by atoms with van der Waals surface area (Å²) in [5.74, 6) is 0.974. The monoisotopic (exact) mass is 472 g/mol. The molecule has 2 aromatic rings. The minimum absolute atomic E-state index is 0.114. The van der Waals surface area contributed by atoms with E-state index in [1.165, 1.54) is 17.0 Å². The highest BCUT2D eigenvalue weighted by Crippen LogP contribution is 2.33. The van der Waals surface area contributed by atoms with Crippen molar-refractivity contribution in [2.75, 3.05) is 38.2 Å². The molecule has 1 amide bonds. The molecule has 0 saturated carbocycles. The Morgan fingerprint density at radius 3 is 2.50 bits per heavy atom. The molecule has 0 aliphatic carbocycles. The maximum atomic E-state index is 12.7. The largest absolute Gasteiger partial charge is 0.497 e. The lowest BCUT2D eigenvalue weighted by molar-refractivity contribution is 0.0772. The van der Waals surface area contributed by atoms with Crippen LogP contribution in [0.4, 0.5) is 5.69 Å². The van der Waals surface area contributed by atoms with Crippen molar-refractivity contribution in [3.05, 3.63) is 43.5 Å². The molecule has 0 unspecified atom stereocenters. The van der Waals surface area contributed by atoms with Crippen LogP contribution < -0.4 is 9.64 Å². The Kier molecular flexibility index (Phi) is 5.84. The summed E-state index contributed by atoms with van der Waals surface area (Å²) in [4.78, 5) is 17.8. The number of benzene rings is 1. The molecule has 24 heavy (non-hydrogen) atoms. The standard InChI is InChI=1S/C17H18Br2N2O2S/c1-23-13-5-3-12(4-6-13)20-7-2-8-21(10-9-20)17(22)15-11-14(18)16(19)24-15/h3-6,11H,2,7-10H2,1H3. The number of thiophene rings is 1. The average molecular weight is 474 g/mol. The van der Waals surface area contributed by atoms with Crippen LogP contribution in [-0.2, 0) is 0 Å². The van der Waals surface area contributed by atoms with Crippen LogP contribution in [-0.4, -0.2) is 44.1 Å². The minimum atomic E-state index is 0.114. The van der Waals surface area contributed by atoms with Gasteiger partial charge in [-0.05, 0) is 68.6 Å². The van der Waals surface area contributed by atoms with Gasteiger partial charge in [-0.3, -0.25) is 4.79 Å². The first-order valence-electron chi connectivity index (χ1n) is 7.71. The zero-order chi connectivity index (χ0) is 17.1. The van der Waals surface area contributed by atoms with Crippen molar-refractivity contribution >= 4 is 54.8 Å². The van der Waals surface area contributed by atoms with Crippen LogP contribution in [0.25, 0.3) is 0 Å². The van der Waals surface area contributed by atoms with Crippen LogP contribution in [0.1, 0.15) is 16.1 Å². The summed E-state index contributed by atoms with van der Waals surface area (Å²) in [6.07, 6.45) is 0.964. The van der Waals surface area contributed by atoms with Gasteiger partial charge in [-0.15, -0.1) is 11.3 Å². The Hall–Kier alpha value is -1.05. The molecule has 0 bridgehead atoms. The van der Waals surface area contributed by atoms with E-state index in [-0.39, 0.29) is 5.91 Å². The third kappa shape index (κ3) is 3.95. The van der Waals surface area contributed by atoms with Crippen molar-refractivity contribution in [2.45, 2.75) is 6.42 Å². The van der Waals surface area contributed by atoms with Crippen molar-refractivity contribution in [3.8, 4) is 5.75 Å². The third-order valence-electron chi connectivity index (χ3n) is 4.08. The first kappa shape index (κ1) is 17.8. The summed E-state index contributed by atoms with van der Waals surface area (Å²) in [5, 5.41) is 0. The van der Waals surface area contributed by atoms with Gasteiger partial charge in [0.1, 0.15) is 5.75 Å². The number of nitrogens with zero attached hydrogens (tertiary/aromatic N) is 2. The van der Waals surface area contributed by atoms with E-state index in [0.717, 1.165) is 51.5 Å². The quantitative estimate of drug-likeness (QED) is 0.651. The number of halogens is 2. The topological polar surface area (TPSA) is 32.8 Å². The average Bonchev–Trinajstić information content (AvgIpc) is 2.80. The van der Waals surface area contributed by atoms with Crippen molar-refractivity contribution in [1.29, 1.82) is 0 Å². The van der Waals surface area contributed by atoms with E-state index in [2.05, 4.69) is 48.9 Å². The number of carbonyl (C=O) groups is 1. The molecule has 0 spiro atoms. The molecule has 0 N–H and O–H groups in total. The van der Waals surface area contributed by atoms with Crippen LogP contribution in [0.3, 0.4) is 0 Å². The van der Waals surface area contributed by atoms with E-state index in [0.29, 0.717) is 0 Å². The first-order chi connectivity index (χ1) is 11.6. The molecule has 1 aliphatic heterocycles. The molecule has 1 aromatic carbocycles. The number of carbonyl (C=O) groups excluding carboxylic acids is 1. The maximum Gasteiger partial charge on any atom is 0.264 e. The third-order valence-corrected chi connectivity index (χ3v) is 7.32. The van der Waals surface area contributed by atoms with E-state index in [9.17, 15) is 4.79 Å². The number of amides is 1. The molecule has 7 heteroatoms. The SMILES string of the molecule is COc1ccc(N2CCCN(C(=O)c3cc(Br)c(Br)s3)CC2)cc1. The number of hydrogen-bond acceptors (Lipinski definition) is 4. The zero-order valence-corrected chi connectivity index (χ0v) is 17.3. The Morgan fingerprint density at radius 1 is 1.12 bits per heavy atom. The normalized spacial score (nSPS) is 15.3. The van der Waals surface area contributed by atoms with Gasteiger partial charge in [0, 0.05) is 36.3 Å². The van der Waals surface area contributed by atoms with Gasteiger partial charge in [0.05, 0.1) is 15.8 Å². The van der Waals surface area contributed by atoms with E-state index in [1.807, 2.05) is 23.1 Å². The summed E-state index contributed by atoms with van der Waals surface area (Å²) in [6, 6.07) is 9.99. The molecule has 1 saturated heterocycles. The second-order valence-electron chi connectivity index (χ2n) is 5.56. The lowest BCUT2D eigenvalue weighted by Gasteiger charge is -2.23. The molecule has 3 rings (SSSR count). The van der Waals surface area contributed by atoms with Crippen LogP contribution in [0.15, 0.2) is 38.6 Å². The maximum absolute atomic E-state index is 12.7. The van der Waals surface area contributed by atoms with Gasteiger partial charge < -0.3 is 14.5 Å². The summed E-state index contributed by atoms with van der Waals surface area (Å²) in [5.41, 5.74) is 1.17. The fourth-order valence-electron chi connectivity index (χ4n) is 2.78. The Bertz CT molecular complexity index is 698. The molecule has 0 radical (unpaired) electrons.